The van der Waals surface area contributed by atoms with Gasteiger partial charge in [0.15, 0.2) is 8.32 Å². The van der Waals surface area contributed by atoms with E-state index in [0.717, 1.165) is 30.3 Å². The Balaban J connectivity index is 1.90. The van der Waals surface area contributed by atoms with Gasteiger partial charge in [0.2, 0.25) is 0 Å². The van der Waals surface area contributed by atoms with Crippen LogP contribution in [0.1, 0.15) is 33.6 Å². The van der Waals surface area contributed by atoms with Crippen LogP contribution in [0.2, 0.25) is 18.1 Å². The molecule has 8 heteroatoms. The molecule has 1 saturated heterocycles. The monoisotopic (exact) mass is 390 g/mol. The first-order valence-electron chi connectivity index (χ1n) is 9.52. The zero-order chi connectivity index (χ0) is 20.0. The van der Waals surface area contributed by atoms with E-state index in [1.54, 1.807) is 16.9 Å². The van der Waals surface area contributed by atoms with Crippen molar-refractivity contribution in [1.29, 1.82) is 0 Å². The van der Waals surface area contributed by atoms with Crippen LogP contribution in [0.25, 0.3) is 10.9 Å². The average molecular weight is 391 g/mol. The van der Waals surface area contributed by atoms with Gasteiger partial charge in [0.05, 0.1) is 22.7 Å². The Morgan fingerprint density at radius 3 is 2.67 bits per heavy atom. The van der Waals surface area contributed by atoms with Crippen LogP contribution < -0.4 is 4.90 Å². The fourth-order valence-electron chi connectivity index (χ4n) is 3.42. The van der Waals surface area contributed by atoms with Crippen LogP contribution in [0.3, 0.4) is 0 Å². The van der Waals surface area contributed by atoms with Gasteiger partial charge in [-0.3, -0.25) is 14.8 Å². The summed E-state index contributed by atoms with van der Waals surface area (Å²) in [6.07, 6.45) is 3.76. The lowest BCUT2D eigenvalue weighted by Crippen LogP contribution is -2.49. The largest absolute Gasteiger partial charge is 0.412 e. The van der Waals surface area contributed by atoms with E-state index in [2.05, 4.69) is 43.9 Å². The zero-order valence-electron chi connectivity index (χ0n) is 17.2. The Kier molecular flexibility index (Phi) is 5.07. The van der Waals surface area contributed by atoms with Crippen LogP contribution in [0.4, 0.5) is 11.4 Å². The van der Waals surface area contributed by atoms with Crippen molar-refractivity contribution in [1.82, 2.24) is 9.78 Å². The molecule has 27 heavy (non-hydrogen) atoms. The lowest BCUT2D eigenvalue weighted by molar-refractivity contribution is -0.384. The standard InChI is InChI=1S/C19H30N4O3Si/c1-19(2,3)27(5,6)26-15-8-7-9-22(13-15)17-11-16-14(12-20-21(16)4)10-18(17)23(24)25/h10-12,15H,7-9,13H2,1-6H3. The van der Waals surface area contributed by atoms with Crippen molar-refractivity contribution in [3.8, 4) is 0 Å². The fourth-order valence-corrected chi connectivity index (χ4v) is 4.80. The summed E-state index contributed by atoms with van der Waals surface area (Å²) in [7, 11) is -0.0161. The van der Waals surface area contributed by atoms with Crippen LogP contribution in [0.5, 0.6) is 0 Å². The maximum atomic E-state index is 11.7. The van der Waals surface area contributed by atoms with Crippen molar-refractivity contribution >= 4 is 30.6 Å². The summed E-state index contributed by atoms with van der Waals surface area (Å²) in [6, 6.07) is 3.53. The van der Waals surface area contributed by atoms with Crippen LogP contribution in [0, 0.1) is 10.1 Å². The van der Waals surface area contributed by atoms with Crippen molar-refractivity contribution in [2.24, 2.45) is 7.05 Å². The number of aromatic nitrogens is 2. The highest BCUT2D eigenvalue weighted by molar-refractivity contribution is 6.74. The van der Waals surface area contributed by atoms with E-state index >= 15 is 0 Å². The molecule has 3 rings (SSSR count). The molecule has 0 aliphatic carbocycles. The van der Waals surface area contributed by atoms with E-state index in [1.165, 1.54) is 0 Å². The third-order valence-corrected chi connectivity index (χ3v) is 10.6. The Hall–Kier alpha value is -1.93. The molecule has 0 amide bonds. The summed E-state index contributed by atoms with van der Waals surface area (Å²) in [5.74, 6) is 0. The average Bonchev–Trinajstić information content (AvgIpc) is 2.93. The number of nitro groups is 1. The predicted octanol–water partition coefficient (Wildman–Crippen LogP) is 4.47. The molecule has 0 saturated carbocycles. The quantitative estimate of drug-likeness (QED) is 0.437. The van der Waals surface area contributed by atoms with E-state index in [0.29, 0.717) is 12.2 Å². The first-order valence-corrected chi connectivity index (χ1v) is 12.4. The highest BCUT2D eigenvalue weighted by Gasteiger charge is 2.40. The number of hydrogen-bond acceptors (Lipinski definition) is 5. The molecule has 0 radical (unpaired) electrons. The van der Waals surface area contributed by atoms with Gasteiger partial charge < -0.3 is 9.33 Å². The van der Waals surface area contributed by atoms with Crippen molar-refractivity contribution in [3.63, 3.8) is 0 Å². The molecule has 1 atom stereocenters. The molecule has 148 valence electrons. The third kappa shape index (κ3) is 3.86. The second kappa shape index (κ2) is 6.90. The number of hydrogen-bond donors (Lipinski definition) is 0. The number of nitro benzene ring substituents is 1. The number of piperidine rings is 1. The first kappa shape index (κ1) is 19.8. The predicted molar refractivity (Wildman–Crippen MR) is 111 cm³/mol. The van der Waals surface area contributed by atoms with Crippen molar-refractivity contribution in [2.75, 3.05) is 18.0 Å². The van der Waals surface area contributed by atoms with Gasteiger partial charge in [-0.15, -0.1) is 0 Å². The van der Waals surface area contributed by atoms with Gasteiger partial charge >= 0.3 is 0 Å². The summed E-state index contributed by atoms with van der Waals surface area (Å²) >= 11 is 0. The summed E-state index contributed by atoms with van der Waals surface area (Å²) < 4.78 is 8.36. The molecule has 7 nitrogen and oxygen atoms in total. The minimum Gasteiger partial charge on any atom is -0.412 e. The number of aryl methyl sites for hydroxylation is 1. The van der Waals surface area contributed by atoms with Gasteiger partial charge in [0, 0.05) is 31.6 Å². The molecule has 1 unspecified atom stereocenters. The van der Waals surface area contributed by atoms with Gasteiger partial charge in [-0.05, 0) is 37.0 Å². The molecular formula is C19H30N4O3Si. The molecular weight excluding hydrogens is 360 g/mol. The molecule has 1 aliphatic heterocycles. The minimum absolute atomic E-state index is 0.112. The number of anilines is 1. The van der Waals surface area contributed by atoms with Gasteiger partial charge in [-0.1, -0.05) is 20.8 Å². The van der Waals surface area contributed by atoms with Gasteiger partial charge in [-0.25, -0.2) is 0 Å². The highest BCUT2D eigenvalue weighted by atomic mass is 28.4. The fraction of sp³-hybridized carbons (Fsp3) is 0.632. The minimum atomic E-state index is -1.87. The third-order valence-electron chi connectivity index (χ3n) is 6.03. The second-order valence-electron chi connectivity index (χ2n) is 9.01. The van der Waals surface area contributed by atoms with Crippen molar-refractivity contribution in [3.05, 3.63) is 28.4 Å². The van der Waals surface area contributed by atoms with Crippen LogP contribution in [-0.2, 0) is 11.5 Å². The Morgan fingerprint density at radius 1 is 1.33 bits per heavy atom. The zero-order valence-corrected chi connectivity index (χ0v) is 18.2. The van der Waals surface area contributed by atoms with Crippen LogP contribution in [-0.4, -0.2) is 42.2 Å². The molecule has 0 bridgehead atoms. The first-order chi connectivity index (χ1) is 12.5. The number of nitrogens with zero attached hydrogens (tertiary/aromatic N) is 4. The van der Waals surface area contributed by atoms with Crippen LogP contribution in [0.15, 0.2) is 18.3 Å². The Bertz CT molecular complexity index is 856. The van der Waals surface area contributed by atoms with Gasteiger partial charge in [0.1, 0.15) is 5.69 Å². The van der Waals surface area contributed by atoms with E-state index in [-0.39, 0.29) is 21.8 Å². The number of fused-ring (bicyclic) bond motifs is 1. The SMILES string of the molecule is Cn1ncc2cc([N+](=O)[O-])c(N3CCCC(O[Si](C)(C)C(C)(C)C)C3)cc21. The molecule has 2 aromatic rings. The molecule has 1 aliphatic rings. The number of rotatable bonds is 4. The summed E-state index contributed by atoms with van der Waals surface area (Å²) in [6.45, 7) is 12.7. The molecule has 0 spiro atoms. The lowest BCUT2D eigenvalue weighted by Gasteiger charge is -2.42. The maximum absolute atomic E-state index is 11.7. The molecule has 1 aromatic carbocycles. The maximum Gasteiger partial charge on any atom is 0.293 e. The highest BCUT2D eigenvalue weighted by Crippen LogP contribution is 2.39. The molecule has 1 aromatic heterocycles. The summed E-state index contributed by atoms with van der Waals surface area (Å²) in [5, 5.41) is 16.9. The van der Waals surface area contributed by atoms with E-state index in [1.807, 2.05) is 13.1 Å². The topological polar surface area (TPSA) is 73.4 Å². The Morgan fingerprint density at radius 2 is 2.04 bits per heavy atom. The molecule has 0 N–H and O–H groups in total. The van der Waals surface area contributed by atoms with E-state index < -0.39 is 8.32 Å². The van der Waals surface area contributed by atoms with Gasteiger partial charge in [-0.2, -0.15) is 5.10 Å². The van der Waals surface area contributed by atoms with Gasteiger partial charge in [0.25, 0.3) is 5.69 Å². The lowest BCUT2D eigenvalue weighted by atomic mass is 10.1. The summed E-state index contributed by atoms with van der Waals surface area (Å²) in [5.41, 5.74) is 1.71. The number of benzene rings is 1. The summed E-state index contributed by atoms with van der Waals surface area (Å²) in [4.78, 5) is 13.5. The Labute approximate surface area is 161 Å². The van der Waals surface area contributed by atoms with Crippen LogP contribution >= 0.6 is 0 Å². The van der Waals surface area contributed by atoms with Crippen molar-refractivity contribution in [2.45, 2.75) is 57.8 Å². The smallest absolute Gasteiger partial charge is 0.293 e. The van der Waals surface area contributed by atoms with E-state index in [4.69, 9.17) is 4.43 Å². The molecule has 2 heterocycles. The van der Waals surface area contributed by atoms with E-state index in [9.17, 15) is 10.1 Å². The normalized spacial score (nSPS) is 18.9. The second-order valence-corrected chi connectivity index (χ2v) is 13.8. The van der Waals surface area contributed by atoms with Crippen molar-refractivity contribution < 1.29 is 9.35 Å². The molecule has 1 fully saturated rings.